The summed E-state index contributed by atoms with van der Waals surface area (Å²) < 4.78 is 4.41. The number of benzene rings is 2. The first-order valence-electron chi connectivity index (χ1n) is 5.76. The highest BCUT2D eigenvalue weighted by Crippen LogP contribution is 2.45. The third kappa shape index (κ3) is 3.36. The lowest BCUT2D eigenvalue weighted by molar-refractivity contribution is -0.432. The number of hydrogen-bond acceptors (Lipinski definition) is 8. The van der Waals surface area contributed by atoms with Crippen LogP contribution in [0.5, 0.6) is 5.75 Å². The topological polar surface area (TPSA) is 95.7 Å². The van der Waals surface area contributed by atoms with Crippen LogP contribution in [0, 0.1) is 0 Å². The molecule has 2 aromatic carbocycles. The van der Waals surface area contributed by atoms with Crippen molar-refractivity contribution in [2.24, 2.45) is 10.2 Å². The Bertz CT molecular complexity index is 668. The summed E-state index contributed by atoms with van der Waals surface area (Å²) in [5.41, 5.74) is 0.874. The third-order valence-electron chi connectivity index (χ3n) is 2.69. The predicted molar refractivity (Wildman–Crippen MR) is 81.1 cm³/mol. The SMILES string of the molecule is CN=Nc1c(SOOO)cc2cccc(NCCl)c2c1O. The van der Waals surface area contributed by atoms with Gasteiger partial charge in [-0.05, 0) is 17.5 Å². The van der Waals surface area contributed by atoms with E-state index in [4.69, 9.17) is 16.9 Å². The Kier molecular flexibility index (Phi) is 5.59. The molecule has 0 aromatic heterocycles. The van der Waals surface area contributed by atoms with Crippen molar-refractivity contribution in [3.05, 3.63) is 24.3 Å². The molecule has 0 unspecified atom stereocenters. The normalized spacial score (nSPS) is 11.4. The summed E-state index contributed by atoms with van der Waals surface area (Å²) in [6.07, 6.45) is 0. The van der Waals surface area contributed by atoms with Gasteiger partial charge in [-0.15, -0.1) is 15.9 Å². The molecule has 9 heteroatoms. The Hall–Kier alpha value is -1.58. The third-order valence-corrected chi connectivity index (χ3v) is 3.44. The van der Waals surface area contributed by atoms with Gasteiger partial charge in [0.25, 0.3) is 0 Å². The van der Waals surface area contributed by atoms with Crippen LogP contribution in [0.2, 0.25) is 0 Å². The lowest BCUT2D eigenvalue weighted by Crippen LogP contribution is -1.95. The Morgan fingerprint density at radius 1 is 1.43 bits per heavy atom. The molecule has 0 aliphatic heterocycles. The number of anilines is 1. The summed E-state index contributed by atoms with van der Waals surface area (Å²) >= 11 is 6.39. The van der Waals surface area contributed by atoms with Crippen molar-refractivity contribution >= 4 is 45.8 Å². The monoisotopic (exact) mass is 329 g/mol. The van der Waals surface area contributed by atoms with Gasteiger partial charge in [-0.1, -0.05) is 17.2 Å². The molecule has 0 radical (unpaired) electrons. The van der Waals surface area contributed by atoms with E-state index < -0.39 is 0 Å². The Morgan fingerprint density at radius 2 is 2.24 bits per heavy atom. The molecule has 3 N–H and O–H groups in total. The molecule has 0 fully saturated rings. The van der Waals surface area contributed by atoms with Gasteiger partial charge in [0.2, 0.25) is 0 Å². The molecule has 0 atom stereocenters. The van der Waals surface area contributed by atoms with Crippen LogP contribution < -0.4 is 5.32 Å². The molecule has 112 valence electrons. The molecule has 0 spiro atoms. The molecule has 0 amide bonds. The highest BCUT2D eigenvalue weighted by molar-refractivity contribution is 7.94. The molecule has 0 saturated heterocycles. The van der Waals surface area contributed by atoms with E-state index in [1.807, 2.05) is 12.1 Å². The summed E-state index contributed by atoms with van der Waals surface area (Å²) in [6.45, 7) is 0. The summed E-state index contributed by atoms with van der Waals surface area (Å²) in [6, 6.07) is 7.33. The number of hydrogen-bond donors (Lipinski definition) is 3. The molecule has 2 rings (SSSR count). The second-order valence-electron chi connectivity index (χ2n) is 3.81. The number of fused-ring (bicyclic) bond motifs is 1. The van der Waals surface area contributed by atoms with Gasteiger partial charge in [0.05, 0.1) is 22.9 Å². The Balaban J connectivity index is 2.68. The van der Waals surface area contributed by atoms with E-state index in [1.165, 1.54) is 7.05 Å². The second-order valence-corrected chi connectivity index (χ2v) is 4.82. The standard InChI is InChI=1S/C12H12ClN3O4S/c1-14-16-11-9(21-20-19-18)5-7-3-2-4-8(15-6-13)10(7)12(11)17/h2-5,15,17-18H,6H2,1H3. The molecular weight excluding hydrogens is 318 g/mol. The van der Waals surface area contributed by atoms with Gasteiger partial charge in [-0.2, -0.15) is 10.2 Å². The van der Waals surface area contributed by atoms with Crippen molar-refractivity contribution in [1.82, 2.24) is 0 Å². The highest BCUT2D eigenvalue weighted by atomic mass is 35.5. The number of rotatable bonds is 6. The van der Waals surface area contributed by atoms with Gasteiger partial charge in [-0.25, -0.2) is 5.26 Å². The van der Waals surface area contributed by atoms with Crippen LogP contribution >= 0.6 is 23.6 Å². The van der Waals surface area contributed by atoms with E-state index in [-0.39, 0.29) is 17.4 Å². The number of alkyl halides is 1. The summed E-state index contributed by atoms with van der Waals surface area (Å²) in [7, 11) is 1.48. The van der Waals surface area contributed by atoms with Crippen molar-refractivity contribution in [2.45, 2.75) is 4.90 Å². The zero-order valence-electron chi connectivity index (χ0n) is 10.9. The van der Waals surface area contributed by atoms with Crippen LogP contribution in [-0.2, 0) is 9.37 Å². The average Bonchev–Trinajstić information content (AvgIpc) is 2.48. The minimum atomic E-state index is -0.0737. The average molecular weight is 330 g/mol. The number of phenolic OH excluding ortho intramolecular Hbond substituents is 1. The number of azo groups is 1. The van der Waals surface area contributed by atoms with E-state index in [0.717, 1.165) is 5.39 Å². The van der Waals surface area contributed by atoms with Crippen LogP contribution in [0.15, 0.2) is 39.4 Å². The van der Waals surface area contributed by atoms with E-state index in [0.29, 0.717) is 28.0 Å². The molecule has 0 saturated carbocycles. The summed E-state index contributed by atoms with van der Waals surface area (Å²) in [4.78, 5) is 0.433. The van der Waals surface area contributed by atoms with Gasteiger partial charge in [0.15, 0.2) is 5.75 Å². The highest BCUT2D eigenvalue weighted by Gasteiger charge is 2.16. The molecule has 7 nitrogen and oxygen atoms in total. The quantitative estimate of drug-likeness (QED) is 0.183. The molecule has 0 aliphatic rings. The first-order valence-corrected chi connectivity index (χ1v) is 7.03. The van der Waals surface area contributed by atoms with Crippen molar-refractivity contribution in [2.75, 3.05) is 18.4 Å². The maximum atomic E-state index is 10.5. The fraction of sp³-hybridized carbons (Fsp3) is 0.167. The lowest BCUT2D eigenvalue weighted by atomic mass is 10.1. The minimum Gasteiger partial charge on any atom is -0.505 e. The van der Waals surface area contributed by atoms with Crippen molar-refractivity contribution in [3.8, 4) is 5.75 Å². The van der Waals surface area contributed by atoms with Crippen LogP contribution in [0.3, 0.4) is 0 Å². The number of phenols is 1. The van der Waals surface area contributed by atoms with Crippen LogP contribution in [-0.4, -0.2) is 23.4 Å². The van der Waals surface area contributed by atoms with Crippen LogP contribution in [0.1, 0.15) is 0 Å². The second kappa shape index (κ2) is 7.43. The minimum absolute atomic E-state index is 0.0737. The number of nitrogens with one attached hydrogen (secondary N) is 1. The van der Waals surface area contributed by atoms with Gasteiger partial charge in [0.1, 0.15) is 5.69 Å². The van der Waals surface area contributed by atoms with Gasteiger partial charge >= 0.3 is 0 Å². The van der Waals surface area contributed by atoms with Crippen LogP contribution in [0.4, 0.5) is 11.4 Å². The molecule has 0 heterocycles. The molecule has 21 heavy (non-hydrogen) atoms. The van der Waals surface area contributed by atoms with E-state index in [1.54, 1.807) is 12.1 Å². The first kappa shape index (κ1) is 15.8. The van der Waals surface area contributed by atoms with E-state index in [2.05, 4.69) is 24.9 Å². The predicted octanol–water partition coefficient (Wildman–Crippen LogP) is 4.30. The first-order chi connectivity index (χ1) is 10.2. The number of nitrogens with zero attached hydrogens (tertiary/aromatic N) is 2. The fourth-order valence-electron chi connectivity index (χ4n) is 1.93. The van der Waals surface area contributed by atoms with E-state index in [9.17, 15) is 5.11 Å². The zero-order valence-corrected chi connectivity index (χ0v) is 12.5. The zero-order chi connectivity index (χ0) is 15.2. The van der Waals surface area contributed by atoms with Gasteiger partial charge in [-0.3, -0.25) is 0 Å². The van der Waals surface area contributed by atoms with E-state index >= 15 is 0 Å². The largest absolute Gasteiger partial charge is 0.505 e. The molecular formula is C12H12ClN3O4S. The summed E-state index contributed by atoms with van der Waals surface area (Å²) in [5, 5.41) is 34.1. The molecule has 0 bridgehead atoms. The van der Waals surface area contributed by atoms with Crippen molar-refractivity contribution in [1.29, 1.82) is 0 Å². The number of aromatic hydroxyl groups is 1. The van der Waals surface area contributed by atoms with Crippen molar-refractivity contribution in [3.63, 3.8) is 0 Å². The Morgan fingerprint density at radius 3 is 2.90 bits per heavy atom. The smallest absolute Gasteiger partial charge is 0.154 e. The van der Waals surface area contributed by atoms with Crippen LogP contribution in [0.25, 0.3) is 10.8 Å². The molecule has 0 aliphatic carbocycles. The fourth-order valence-corrected chi connectivity index (χ4v) is 2.57. The van der Waals surface area contributed by atoms with Gasteiger partial charge in [0, 0.05) is 18.1 Å². The molecule has 2 aromatic rings. The maximum absolute atomic E-state index is 10.5. The Labute approximate surface area is 129 Å². The van der Waals surface area contributed by atoms with Gasteiger partial charge < -0.3 is 10.4 Å². The lowest BCUT2D eigenvalue weighted by Gasteiger charge is -2.12. The van der Waals surface area contributed by atoms with Crippen molar-refractivity contribution < 1.29 is 19.7 Å². The maximum Gasteiger partial charge on any atom is 0.154 e. The number of halogens is 1. The summed E-state index contributed by atoms with van der Waals surface area (Å²) in [5.74, 6) is -0.0737.